The zero-order valence-corrected chi connectivity index (χ0v) is 17.4. The van der Waals surface area contributed by atoms with Crippen molar-refractivity contribution in [3.05, 3.63) is 72.0 Å². The number of para-hydroxylation sites is 1. The second kappa shape index (κ2) is 9.11. The summed E-state index contributed by atoms with van der Waals surface area (Å²) in [5.74, 6) is 0.947. The summed E-state index contributed by atoms with van der Waals surface area (Å²) in [6.45, 7) is 2.60. The third kappa shape index (κ3) is 5.16. The first kappa shape index (κ1) is 19.5. The van der Waals surface area contributed by atoms with Gasteiger partial charge in [-0.2, -0.15) is 0 Å². The van der Waals surface area contributed by atoms with Crippen molar-refractivity contribution in [1.29, 1.82) is 0 Å². The summed E-state index contributed by atoms with van der Waals surface area (Å²) in [4.78, 5) is 12.3. The summed E-state index contributed by atoms with van der Waals surface area (Å²) in [7, 11) is 0. The Balaban J connectivity index is 1.25. The van der Waals surface area contributed by atoms with Crippen LogP contribution < -0.4 is 10.6 Å². The van der Waals surface area contributed by atoms with Gasteiger partial charge in [0.2, 0.25) is 11.0 Å². The Kier molecular flexibility index (Phi) is 6.12. The number of amides is 1. The summed E-state index contributed by atoms with van der Waals surface area (Å²) in [6.07, 6.45) is 0. The van der Waals surface area contributed by atoms with Gasteiger partial charge in [0, 0.05) is 11.9 Å². The van der Waals surface area contributed by atoms with Crippen LogP contribution in [0.4, 0.5) is 5.13 Å². The fourth-order valence-corrected chi connectivity index (χ4v) is 4.37. The zero-order chi connectivity index (χ0) is 20.1. The molecule has 6 nitrogen and oxygen atoms in total. The molecule has 0 saturated carbocycles. The molecule has 0 unspecified atom stereocenters. The molecular weight excluding hydrogens is 404 g/mol. The molecule has 0 saturated heterocycles. The number of hydrogen-bond acceptors (Lipinski definition) is 7. The van der Waals surface area contributed by atoms with Gasteiger partial charge in [-0.25, -0.2) is 0 Å². The highest BCUT2D eigenvalue weighted by Gasteiger charge is 2.15. The normalized spacial score (nSPS) is 12.0. The van der Waals surface area contributed by atoms with E-state index < -0.39 is 0 Å². The van der Waals surface area contributed by atoms with Gasteiger partial charge in [-0.15, -0.1) is 10.2 Å². The number of hydrogen-bond donors (Lipinski definition) is 2. The molecule has 2 aromatic heterocycles. The number of rotatable bonds is 8. The highest BCUT2D eigenvalue weighted by Crippen LogP contribution is 2.26. The summed E-state index contributed by atoms with van der Waals surface area (Å²) in [5.41, 5.74) is 2.00. The topological polar surface area (TPSA) is 80.0 Å². The maximum atomic E-state index is 12.3. The van der Waals surface area contributed by atoms with Crippen LogP contribution in [0.2, 0.25) is 0 Å². The molecule has 2 N–H and O–H groups in total. The summed E-state index contributed by atoms with van der Waals surface area (Å²) < 4.78 is 6.57. The number of carbonyl (C=O) groups is 1. The second-order valence-corrected chi connectivity index (χ2v) is 8.68. The summed E-state index contributed by atoms with van der Waals surface area (Å²) in [5, 5.41) is 16.3. The first-order chi connectivity index (χ1) is 14.2. The lowest BCUT2D eigenvalue weighted by Crippen LogP contribution is -2.27. The highest BCUT2D eigenvalue weighted by molar-refractivity contribution is 8.01. The van der Waals surface area contributed by atoms with E-state index in [9.17, 15) is 4.79 Å². The van der Waals surface area contributed by atoms with Crippen molar-refractivity contribution in [2.24, 2.45) is 0 Å². The number of aromatic nitrogens is 2. The number of nitrogens with one attached hydrogen (secondary N) is 2. The van der Waals surface area contributed by atoms with E-state index in [4.69, 9.17) is 4.42 Å². The van der Waals surface area contributed by atoms with Crippen molar-refractivity contribution >= 4 is 45.1 Å². The molecule has 4 aromatic rings. The number of nitrogens with zero attached hydrogens (tertiary/aromatic N) is 2. The SMILES string of the molecule is C[C@@H](NC(=O)CSc1nnc(NCc2ccccc2)s1)c1cc2ccccc2o1. The van der Waals surface area contributed by atoms with Crippen molar-refractivity contribution in [3.63, 3.8) is 0 Å². The lowest BCUT2D eigenvalue weighted by molar-refractivity contribution is -0.119. The molecule has 148 valence electrons. The number of anilines is 1. The van der Waals surface area contributed by atoms with E-state index in [0.29, 0.717) is 6.54 Å². The molecule has 2 aromatic carbocycles. The summed E-state index contributed by atoms with van der Waals surface area (Å²) in [6, 6.07) is 19.7. The van der Waals surface area contributed by atoms with E-state index in [-0.39, 0.29) is 17.7 Å². The van der Waals surface area contributed by atoms with Crippen LogP contribution in [0.25, 0.3) is 11.0 Å². The van der Waals surface area contributed by atoms with E-state index >= 15 is 0 Å². The Hall–Kier alpha value is -2.84. The average molecular weight is 425 g/mol. The van der Waals surface area contributed by atoms with Crippen LogP contribution in [0.3, 0.4) is 0 Å². The lowest BCUT2D eigenvalue weighted by Gasteiger charge is -2.10. The van der Waals surface area contributed by atoms with Crippen LogP contribution in [0.5, 0.6) is 0 Å². The van der Waals surface area contributed by atoms with Crippen LogP contribution in [0, 0.1) is 0 Å². The monoisotopic (exact) mass is 424 g/mol. The van der Waals surface area contributed by atoms with Gasteiger partial charge in [-0.1, -0.05) is 71.6 Å². The maximum absolute atomic E-state index is 12.3. The molecule has 1 amide bonds. The first-order valence-electron chi connectivity index (χ1n) is 9.19. The molecule has 0 aliphatic heterocycles. The van der Waals surface area contributed by atoms with Gasteiger partial charge < -0.3 is 15.1 Å². The Bertz CT molecular complexity index is 1060. The smallest absolute Gasteiger partial charge is 0.231 e. The van der Waals surface area contributed by atoms with Gasteiger partial charge in [0.1, 0.15) is 11.3 Å². The predicted octanol–water partition coefficient (Wildman–Crippen LogP) is 4.87. The summed E-state index contributed by atoms with van der Waals surface area (Å²) >= 11 is 2.82. The Labute approximate surface area is 176 Å². The van der Waals surface area contributed by atoms with E-state index in [1.165, 1.54) is 28.7 Å². The first-order valence-corrected chi connectivity index (χ1v) is 11.0. The molecular formula is C21H20N4O2S2. The average Bonchev–Trinajstić information content (AvgIpc) is 3.38. The minimum Gasteiger partial charge on any atom is -0.459 e. The van der Waals surface area contributed by atoms with Crippen molar-refractivity contribution < 1.29 is 9.21 Å². The fourth-order valence-electron chi connectivity index (χ4n) is 2.81. The molecule has 0 radical (unpaired) electrons. The van der Waals surface area contributed by atoms with E-state index in [1.54, 1.807) is 0 Å². The molecule has 0 aliphatic carbocycles. The van der Waals surface area contributed by atoms with Crippen molar-refractivity contribution in [1.82, 2.24) is 15.5 Å². The Morgan fingerprint density at radius 3 is 2.76 bits per heavy atom. The van der Waals surface area contributed by atoms with Crippen molar-refractivity contribution in [2.45, 2.75) is 23.8 Å². The van der Waals surface area contributed by atoms with Crippen LogP contribution in [-0.2, 0) is 11.3 Å². The largest absolute Gasteiger partial charge is 0.459 e. The van der Waals surface area contributed by atoms with Gasteiger partial charge in [0.15, 0.2) is 4.34 Å². The van der Waals surface area contributed by atoms with E-state index in [2.05, 4.69) is 33.0 Å². The van der Waals surface area contributed by atoms with Crippen LogP contribution in [-0.4, -0.2) is 21.9 Å². The molecule has 0 aliphatic rings. The molecule has 2 heterocycles. The number of fused-ring (bicyclic) bond motifs is 1. The molecule has 0 fully saturated rings. The molecule has 0 bridgehead atoms. The zero-order valence-electron chi connectivity index (χ0n) is 15.8. The van der Waals surface area contributed by atoms with Crippen molar-refractivity contribution in [3.8, 4) is 0 Å². The molecule has 1 atom stereocenters. The van der Waals surface area contributed by atoms with Crippen LogP contribution >= 0.6 is 23.1 Å². The third-order valence-electron chi connectivity index (χ3n) is 4.27. The number of furan rings is 1. The number of carbonyl (C=O) groups excluding carboxylic acids is 1. The maximum Gasteiger partial charge on any atom is 0.231 e. The minimum atomic E-state index is -0.201. The standard InChI is InChI=1S/C21H20N4O2S2/c1-14(18-11-16-9-5-6-10-17(16)27-18)23-19(26)13-28-21-25-24-20(29-21)22-12-15-7-3-2-4-8-15/h2-11,14H,12-13H2,1H3,(H,22,24)(H,23,26)/t14-/m1/s1. The number of thioether (sulfide) groups is 1. The van der Waals surface area contributed by atoms with Crippen molar-refractivity contribution in [2.75, 3.05) is 11.1 Å². The van der Waals surface area contributed by atoms with Crippen LogP contribution in [0.1, 0.15) is 24.3 Å². The minimum absolute atomic E-state index is 0.0723. The van der Waals surface area contributed by atoms with Crippen LogP contribution in [0.15, 0.2) is 69.4 Å². The fraction of sp³-hybridized carbons (Fsp3) is 0.190. The van der Waals surface area contributed by atoms with Gasteiger partial charge in [0.25, 0.3) is 0 Å². The highest BCUT2D eigenvalue weighted by atomic mass is 32.2. The third-order valence-corrected chi connectivity index (χ3v) is 6.28. The quantitative estimate of drug-likeness (QED) is 0.393. The van der Waals surface area contributed by atoms with E-state index in [0.717, 1.165) is 26.2 Å². The molecule has 29 heavy (non-hydrogen) atoms. The Morgan fingerprint density at radius 1 is 1.14 bits per heavy atom. The van der Waals surface area contributed by atoms with Gasteiger partial charge in [0.05, 0.1) is 11.8 Å². The second-order valence-electron chi connectivity index (χ2n) is 6.48. The van der Waals surface area contributed by atoms with Gasteiger partial charge in [-0.05, 0) is 24.6 Å². The Morgan fingerprint density at radius 2 is 1.93 bits per heavy atom. The van der Waals surface area contributed by atoms with E-state index in [1.807, 2.05) is 55.5 Å². The molecule has 0 spiro atoms. The number of benzene rings is 2. The predicted molar refractivity (Wildman–Crippen MR) is 117 cm³/mol. The van der Waals surface area contributed by atoms with Gasteiger partial charge >= 0.3 is 0 Å². The van der Waals surface area contributed by atoms with Gasteiger partial charge in [-0.3, -0.25) is 4.79 Å². The molecule has 4 rings (SSSR count). The lowest BCUT2D eigenvalue weighted by atomic mass is 10.2. The molecule has 8 heteroatoms.